The number of rotatable bonds is 3. The fourth-order valence-electron chi connectivity index (χ4n) is 2.33. The zero-order chi connectivity index (χ0) is 15.6. The lowest BCUT2D eigenvalue weighted by Gasteiger charge is -2.31. The molecule has 2 rings (SSSR count). The summed E-state index contributed by atoms with van der Waals surface area (Å²) >= 11 is 0. The predicted octanol–water partition coefficient (Wildman–Crippen LogP) is 1.57. The van der Waals surface area contributed by atoms with Gasteiger partial charge in [-0.25, -0.2) is 4.39 Å². The minimum Gasteiger partial charge on any atom is -0.396 e. The first kappa shape index (κ1) is 15.2. The average molecular weight is 297 g/mol. The molecule has 2 N–H and O–H groups in total. The Balaban J connectivity index is 2.33. The number of carbonyl (C=O) groups excluding carboxylic acids is 1. The fraction of sp³-hybridized carbons (Fsp3) is 0.462. The highest BCUT2D eigenvalue weighted by Crippen LogP contribution is 2.27. The van der Waals surface area contributed by atoms with Gasteiger partial charge in [0.1, 0.15) is 5.56 Å². The van der Waals surface area contributed by atoms with Crippen LogP contribution in [0.5, 0.6) is 0 Å². The van der Waals surface area contributed by atoms with Crippen molar-refractivity contribution in [3.05, 3.63) is 33.6 Å². The van der Waals surface area contributed by atoms with Crippen molar-refractivity contribution in [2.75, 3.05) is 26.0 Å². The Morgan fingerprint density at radius 3 is 2.67 bits per heavy atom. The van der Waals surface area contributed by atoms with E-state index in [0.717, 1.165) is 6.07 Å². The highest BCUT2D eigenvalue weighted by molar-refractivity contribution is 5.99. The van der Waals surface area contributed by atoms with E-state index in [1.165, 1.54) is 4.90 Å². The van der Waals surface area contributed by atoms with Crippen molar-refractivity contribution in [1.82, 2.24) is 4.90 Å². The second-order valence-electron chi connectivity index (χ2n) is 4.91. The average Bonchev–Trinajstić information content (AvgIpc) is 2.48. The number of nitrogen functional groups attached to an aromatic ring is 1. The van der Waals surface area contributed by atoms with Crippen molar-refractivity contribution >= 4 is 17.3 Å². The molecule has 0 bridgehead atoms. The first-order chi connectivity index (χ1) is 9.91. The van der Waals surface area contributed by atoms with Crippen LogP contribution in [0.1, 0.15) is 23.2 Å². The van der Waals surface area contributed by atoms with E-state index >= 15 is 0 Å². The van der Waals surface area contributed by atoms with Crippen LogP contribution >= 0.6 is 0 Å². The molecule has 8 heteroatoms. The van der Waals surface area contributed by atoms with Crippen LogP contribution in [-0.2, 0) is 4.74 Å². The Hall–Kier alpha value is -2.22. The van der Waals surface area contributed by atoms with Gasteiger partial charge in [0, 0.05) is 26.3 Å². The van der Waals surface area contributed by atoms with Gasteiger partial charge < -0.3 is 15.4 Å². The molecule has 1 aliphatic rings. The summed E-state index contributed by atoms with van der Waals surface area (Å²) in [5.41, 5.74) is 4.35. The number of hydrogen-bond acceptors (Lipinski definition) is 5. The number of nitro benzene ring substituents is 1. The smallest absolute Gasteiger partial charge is 0.285 e. The van der Waals surface area contributed by atoms with Crippen LogP contribution in [0.3, 0.4) is 0 Å². The Bertz CT molecular complexity index is 573. The number of hydrogen-bond donors (Lipinski definition) is 1. The fourth-order valence-corrected chi connectivity index (χ4v) is 2.33. The van der Waals surface area contributed by atoms with Crippen LogP contribution in [-0.4, -0.2) is 42.0 Å². The van der Waals surface area contributed by atoms with Crippen molar-refractivity contribution in [1.29, 1.82) is 0 Å². The van der Waals surface area contributed by atoms with E-state index in [4.69, 9.17) is 10.5 Å². The lowest BCUT2D eigenvalue weighted by atomic mass is 10.0. The van der Waals surface area contributed by atoms with E-state index in [1.54, 1.807) is 7.05 Å². The second-order valence-corrected chi connectivity index (χ2v) is 4.91. The Labute approximate surface area is 120 Å². The molecule has 0 aromatic heterocycles. The molecule has 1 saturated heterocycles. The molecule has 0 unspecified atom stereocenters. The number of nitro groups is 1. The van der Waals surface area contributed by atoms with Crippen molar-refractivity contribution in [2.24, 2.45) is 0 Å². The van der Waals surface area contributed by atoms with Gasteiger partial charge >= 0.3 is 0 Å². The van der Waals surface area contributed by atoms with Gasteiger partial charge in [0.25, 0.3) is 11.6 Å². The van der Waals surface area contributed by atoms with Gasteiger partial charge in [-0.05, 0) is 18.9 Å². The van der Waals surface area contributed by atoms with Gasteiger partial charge in [0.15, 0.2) is 5.82 Å². The maximum atomic E-state index is 13.4. The molecule has 1 aromatic carbocycles. The minimum atomic E-state index is -0.910. The van der Waals surface area contributed by atoms with E-state index in [9.17, 15) is 19.3 Å². The van der Waals surface area contributed by atoms with Gasteiger partial charge in [-0.1, -0.05) is 0 Å². The number of amides is 1. The van der Waals surface area contributed by atoms with Crippen LogP contribution in [0.4, 0.5) is 15.8 Å². The SMILES string of the molecule is CN(C(=O)c1cc(N)c(F)cc1[N+](=O)[O-])C1CCOCC1. The molecule has 114 valence electrons. The molecule has 1 heterocycles. The van der Waals surface area contributed by atoms with Gasteiger partial charge in [-0.15, -0.1) is 0 Å². The number of nitrogens with zero attached hydrogens (tertiary/aromatic N) is 2. The van der Waals surface area contributed by atoms with Crippen molar-refractivity contribution in [3.8, 4) is 0 Å². The van der Waals surface area contributed by atoms with Crippen LogP contribution < -0.4 is 5.73 Å². The maximum absolute atomic E-state index is 13.4. The molecular weight excluding hydrogens is 281 g/mol. The first-order valence-electron chi connectivity index (χ1n) is 6.50. The molecule has 1 aliphatic heterocycles. The molecule has 0 spiro atoms. The first-order valence-corrected chi connectivity index (χ1v) is 6.50. The molecule has 0 saturated carbocycles. The summed E-state index contributed by atoms with van der Waals surface area (Å²) in [5, 5.41) is 11.0. The third-order valence-corrected chi connectivity index (χ3v) is 3.60. The van der Waals surface area contributed by atoms with E-state index in [0.29, 0.717) is 32.1 Å². The molecule has 21 heavy (non-hydrogen) atoms. The number of anilines is 1. The van der Waals surface area contributed by atoms with Gasteiger partial charge in [0.2, 0.25) is 0 Å². The number of benzene rings is 1. The Kier molecular flexibility index (Phi) is 4.37. The summed E-state index contributed by atoms with van der Waals surface area (Å²) in [6.07, 6.45) is 1.32. The largest absolute Gasteiger partial charge is 0.396 e. The van der Waals surface area contributed by atoms with E-state index in [1.807, 2.05) is 0 Å². The highest BCUT2D eigenvalue weighted by Gasteiger charge is 2.29. The lowest BCUT2D eigenvalue weighted by molar-refractivity contribution is -0.385. The molecule has 7 nitrogen and oxygen atoms in total. The normalized spacial score (nSPS) is 15.7. The molecule has 0 radical (unpaired) electrons. The summed E-state index contributed by atoms with van der Waals surface area (Å²) in [6.45, 7) is 1.08. The van der Waals surface area contributed by atoms with Crippen LogP contribution in [0, 0.1) is 15.9 Å². The van der Waals surface area contributed by atoms with E-state index in [2.05, 4.69) is 0 Å². The van der Waals surface area contributed by atoms with Gasteiger partial charge in [-0.2, -0.15) is 0 Å². The zero-order valence-electron chi connectivity index (χ0n) is 11.5. The van der Waals surface area contributed by atoms with E-state index in [-0.39, 0.29) is 17.3 Å². The number of ether oxygens (including phenoxy) is 1. The molecule has 1 amide bonds. The third kappa shape index (κ3) is 3.10. The summed E-state index contributed by atoms with van der Waals surface area (Å²) < 4.78 is 18.6. The third-order valence-electron chi connectivity index (χ3n) is 3.60. The van der Waals surface area contributed by atoms with Crippen LogP contribution in [0.25, 0.3) is 0 Å². The topological polar surface area (TPSA) is 98.7 Å². The summed E-state index contributed by atoms with van der Waals surface area (Å²) in [4.78, 5) is 24.1. The molecular formula is C13H16FN3O4. The number of nitrogens with two attached hydrogens (primary N) is 1. The maximum Gasteiger partial charge on any atom is 0.285 e. The number of halogens is 1. The van der Waals surface area contributed by atoms with Gasteiger partial charge in [0.05, 0.1) is 16.7 Å². The highest BCUT2D eigenvalue weighted by atomic mass is 19.1. The Morgan fingerprint density at radius 1 is 1.48 bits per heavy atom. The zero-order valence-corrected chi connectivity index (χ0v) is 11.5. The van der Waals surface area contributed by atoms with Crippen molar-refractivity contribution in [3.63, 3.8) is 0 Å². The second kappa shape index (κ2) is 6.04. The summed E-state index contributed by atoms with van der Waals surface area (Å²) in [5.74, 6) is -1.45. The molecule has 0 aliphatic carbocycles. The van der Waals surface area contributed by atoms with Gasteiger partial charge in [-0.3, -0.25) is 14.9 Å². The van der Waals surface area contributed by atoms with Crippen LogP contribution in [0.2, 0.25) is 0 Å². The van der Waals surface area contributed by atoms with Crippen molar-refractivity contribution < 1.29 is 18.8 Å². The molecule has 1 fully saturated rings. The lowest BCUT2D eigenvalue weighted by Crippen LogP contribution is -2.40. The predicted molar refractivity (Wildman–Crippen MR) is 73.4 cm³/mol. The Morgan fingerprint density at radius 2 is 2.10 bits per heavy atom. The number of carbonyl (C=O) groups is 1. The van der Waals surface area contributed by atoms with E-state index < -0.39 is 22.3 Å². The monoisotopic (exact) mass is 297 g/mol. The van der Waals surface area contributed by atoms with Crippen LogP contribution in [0.15, 0.2) is 12.1 Å². The summed E-state index contributed by atoms with van der Waals surface area (Å²) in [7, 11) is 1.57. The van der Waals surface area contributed by atoms with Crippen molar-refractivity contribution in [2.45, 2.75) is 18.9 Å². The molecule has 1 aromatic rings. The minimum absolute atomic E-state index is 0.0582. The standard InChI is InChI=1S/C13H16FN3O4/c1-16(8-2-4-21-5-3-8)13(18)9-6-11(15)10(14)7-12(9)17(19)20/h6-8H,2-5,15H2,1H3. The summed E-state index contributed by atoms with van der Waals surface area (Å²) in [6, 6.07) is 1.64. The quantitative estimate of drug-likeness (QED) is 0.518. The molecule has 0 atom stereocenters.